The largest absolute Gasteiger partial charge is 0.402 e. The molecular formula is C13H28N4O. The maximum Gasteiger partial charge on any atom is 0.242 e. The van der Waals surface area contributed by atoms with E-state index >= 15 is 0 Å². The van der Waals surface area contributed by atoms with E-state index in [1.54, 1.807) is 24.0 Å². The minimum absolute atomic E-state index is 0.00641. The molecule has 18 heavy (non-hydrogen) atoms. The average molecular weight is 256 g/mol. The van der Waals surface area contributed by atoms with Crippen LogP contribution in [0, 0.1) is 0 Å². The van der Waals surface area contributed by atoms with Crippen LogP contribution >= 0.6 is 0 Å². The SMILES string of the molecule is C/C(N)=C/C=C(\N)N1CCNCC1=O.CC.CC. The van der Waals surface area contributed by atoms with Crippen molar-refractivity contribution in [2.75, 3.05) is 19.6 Å². The highest BCUT2D eigenvalue weighted by molar-refractivity contribution is 5.80. The molecule has 0 spiro atoms. The van der Waals surface area contributed by atoms with Gasteiger partial charge >= 0.3 is 0 Å². The first kappa shape index (κ1) is 18.9. The molecule has 0 aliphatic carbocycles. The van der Waals surface area contributed by atoms with Gasteiger partial charge in [0.2, 0.25) is 5.91 Å². The molecule has 1 saturated heterocycles. The minimum atomic E-state index is -0.00641. The Morgan fingerprint density at radius 1 is 1.22 bits per heavy atom. The van der Waals surface area contributed by atoms with Crippen LogP contribution in [0.5, 0.6) is 0 Å². The number of hydrogen-bond donors (Lipinski definition) is 3. The van der Waals surface area contributed by atoms with Gasteiger partial charge in [-0.15, -0.1) is 0 Å². The third-order valence-electron chi connectivity index (χ3n) is 1.92. The highest BCUT2D eigenvalue weighted by atomic mass is 16.2. The van der Waals surface area contributed by atoms with Gasteiger partial charge in [0.15, 0.2) is 0 Å². The molecule has 0 aromatic heterocycles. The highest BCUT2D eigenvalue weighted by Gasteiger charge is 2.18. The van der Waals surface area contributed by atoms with E-state index < -0.39 is 0 Å². The number of allylic oxidation sites excluding steroid dienone is 3. The molecule has 0 aromatic rings. The molecule has 1 aliphatic rings. The van der Waals surface area contributed by atoms with Crippen LogP contribution in [-0.2, 0) is 4.79 Å². The van der Waals surface area contributed by atoms with Crippen molar-refractivity contribution >= 4 is 5.91 Å². The first-order valence-corrected chi connectivity index (χ1v) is 6.52. The number of nitrogens with one attached hydrogen (secondary N) is 1. The molecule has 5 nitrogen and oxygen atoms in total. The number of amides is 1. The zero-order valence-electron chi connectivity index (χ0n) is 12.3. The monoisotopic (exact) mass is 256 g/mol. The lowest BCUT2D eigenvalue weighted by atomic mass is 10.3. The topological polar surface area (TPSA) is 84.4 Å². The molecule has 0 saturated carbocycles. The van der Waals surface area contributed by atoms with Gasteiger partial charge in [-0.25, -0.2) is 0 Å². The molecule has 0 atom stereocenters. The summed E-state index contributed by atoms with van der Waals surface area (Å²) in [5.74, 6) is 0.439. The maximum absolute atomic E-state index is 11.4. The number of nitrogens with two attached hydrogens (primary N) is 2. The molecule has 0 aromatic carbocycles. The predicted octanol–water partition coefficient (Wildman–Crippen LogP) is 1.13. The van der Waals surface area contributed by atoms with Crippen molar-refractivity contribution < 1.29 is 4.79 Å². The van der Waals surface area contributed by atoms with E-state index in [1.165, 1.54) is 0 Å². The fourth-order valence-electron chi connectivity index (χ4n) is 1.19. The first-order chi connectivity index (χ1) is 8.61. The van der Waals surface area contributed by atoms with E-state index in [-0.39, 0.29) is 5.91 Å². The third-order valence-corrected chi connectivity index (χ3v) is 1.92. The van der Waals surface area contributed by atoms with Crippen LogP contribution in [0.4, 0.5) is 0 Å². The smallest absolute Gasteiger partial charge is 0.242 e. The molecule has 1 heterocycles. The van der Waals surface area contributed by atoms with Crippen molar-refractivity contribution in [2.45, 2.75) is 34.6 Å². The minimum Gasteiger partial charge on any atom is -0.402 e. The van der Waals surface area contributed by atoms with Crippen molar-refractivity contribution in [3.05, 3.63) is 23.7 Å². The first-order valence-electron chi connectivity index (χ1n) is 6.52. The van der Waals surface area contributed by atoms with E-state index in [0.717, 1.165) is 6.54 Å². The summed E-state index contributed by atoms with van der Waals surface area (Å²) in [6.45, 7) is 11.5. The van der Waals surface area contributed by atoms with Crippen molar-refractivity contribution in [3.63, 3.8) is 0 Å². The second-order valence-corrected chi connectivity index (χ2v) is 3.22. The summed E-state index contributed by atoms with van der Waals surface area (Å²) in [6.07, 6.45) is 3.34. The number of carbonyl (C=O) groups is 1. The molecule has 106 valence electrons. The summed E-state index contributed by atoms with van der Waals surface area (Å²) in [4.78, 5) is 12.9. The van der Waals surface area contributed by atoms with Crippen LogP contribution in [0.3, 0.4) is 0 Å². The van der Waals surface area contributed by atoms with E-state index in [0.29, 0.717) is 24.6 Å². The van der Waals surface area contributed by atoms with Gasteiger partial charge in [0.05, 0.1) is 6.54 Å². The molecule has 0 unspecified atom stereocenters. The van der Waals surface area contributed by atoms with E-state index in [9.17, 15) is 4.79 Å². The Kier molecular flexibility index (Phi) is 12.6. The molecule has 5 N–H and O–H groups in total. The number of nitrogens with zero attached hydrogens (tertiary/aromatic N) is 1. The van der Waals surface area contributed by atoms with Gasteiger partial charge in [-0.2, -0.15) is 0 Å². The lowest BCUT2D eigenvalue weighted by molar-refractivity contribution is -0.129. The van der Waals surface area contributed by atoms with Crippen molar-refractivity contribution in [2.24, 2.45) is 11.5 Å². The Labute approximate surface area is 111 Å². The lowest BCUT2D eigenvalue weighted by Crippen LogP contribution is -2.48. The third kappa shape index (κ3) is 7.73. The summed E-state index contributed by atoms with van der Waals surface area (Å²) in [5.41, 5.74) is 11.8. The summed E-state index contributed by atoms with van der Waals surface area (Å²) in [6, 6.07) is 0. The average Bonchev–Trinajstić information content (AvgIpc) is 2.41. The van der Waals surface area contributed by atoms with Crippen LogP contribution in [0.1, 0.15) is 34.6 Å². The van der Waals surface area contributed by atoms with Gasteiger partial charge < -0.3 is 16.8 Å². The molecular weight excluding hydrogens is 228 g/mol. The molecule has 1 amide bonds. The van der Waals surface area contributed by atoms with Crippen LogP contribution in [0.2, 0.25) is 0 Å². The Balaban J connectivity index is 0. The maximum atomic E-state index is 11.4. The second kappa shape index (κ2) is 12.0. The predicted molar refractivity (Wildman–Crippen MR) is 77.5 cm³/mol. The van der Waals surface area contributed by atoms with Gasteiger partial charge in [-0.1, -0.05) is 27.7 Å². The zero-order valence-corrected chi connectivity index (χ0v) is 12.3. The standard InChI is InChI=1S/C9H16N4O.2C2H6/c1-7(10)2-3-8(11)13-5-4-12-6-9(13)14;2*1-2/h2-3,12H,4-6,10-11H2,1H3;2*1-2H3/b7-2-,8-3+;;. The molecule has 1 rings (SSSR count). The van der Waals surface area contributed by atoms with E-state index in [1.807, 2.05) is 27.7 Å². The lowest BCUT2D eigenvalue weighted by Gasteiger charge is -2.27. The van der Waals surface area contributed by atoms with Gasteiger partial charge in [0, 0.05) is 18.8 Å². The zero-order chi connectivity index (χ0) is 14.6. The Morgan fingerprint density at radius 3 is 2.22 bits per heavy atom. The van der Waals surface area contributed by atoms with Gasteiger partial charge in [-0.05, 0) is 19.1 Å². The number of carbonyl (C=O) groups excluding carboxylic acids is 1. The molecule has 5 heteroatoms. The van der Waals surface area contributed by atoms with Crippen molar-refractivity contribution in [1.82, 2.24) is 10.2 Å². The van der Waals surface area contributed by atoms with Crippen molar-refractivity contribution in [3.8, 4) is 0 Å². The van der Waals surface area contributed by atoms with Crippen LogP contribution < -0.4 is 16.8 Å². The van der Waals surface area contributed by atoms with Crippen LogP contribution in [-0.4, -0.2) is 30.4 Å². The van der Waals surface area contributed by atoms with Crippen LogP contribution in [0.15, 0.2) is 23.7 Å². The number of rotatable bonds is 2. The van der Waals surface area contributed by atoms with Gasteiger partial charge in [0.1, 0.15) is 5.82 Å². The molecule has 0 bridgehead atoms. The molecule has 0 radical (unpaired) electrons. The Morgan fingerprint density at radius 2 is 1.78 bits per heavy atom. The summed E-state index contributed by atoms with van der Waals surface area (Å²) in [5, 5.41) is 2.97. The Bertz CT molecular complexity index is 281. The van der Waals surface area contributed by atoms with Crippen molar-refractivity contribution in [1.29, 1.82) is 0 Å². The van der Waals surface area contributed by atoms with Crippen LogP contribution in [0.25, 0.3) is 0 Å². The summed E-state index contributed by atoms with van der Waals surface area (Å²) >= 11 is 0. The highest BCUT2D eigenvalue weighted by Crippen LogP contribution is 2.01. The quantitative estimate of drug-likeness (QED) is 0.647. The molecule has 1 aliphatic heterocycles. The normalized spacial score (nSPS) is 16.3. The fourth-order valence-corrected chi connectivity index (χ4v) is 1.19. The number of hydrogen-bond acceptors (Lipinski definition) is 4. The Hall–Kier alpha value is -1.49. The summed E-state index contributed by atoms with van der Waals surface area (Å²) < 4.78 is 0. The van der Waals surface area contributed by atoms with Gasteiger partial charge in [-0.3, -0.25) is 9.69 Å². The van der Waals surface area contributed by atoms with E-state index in [2.05, 4.69) is 5.32 Å². The molecule has 1 fully saturated rings. The second-order valence-electron chi connectivity index (χ2n) is 3.22. The van der Waals surface area contributed by atoms with E-state index in [4.69, 9.17) is 11.5 Å². The number of piperazine rings is 1. The summed E-state index contributed by atoms with van der Waals surface area (Å²) in [7, 11) is 0. The fraction of sp³-hybridized carbons (Fsp3) is 0.615. The van der Waals surface area contributed by atoms with Gasteiger partial charge in [0.25, 0.3) is 0 Å².